The molecule has 158 valence electrons. The Morgan fingerprint density at radius 3 is 2.82 bits per heavy atom. The predicted octanol–water partition coefficient (Wildman–Crippen LogP) is 2.50. The highest BCUT2D eigenvalue weighted by Gasteiger charge is 2.34. The molecule has 2 N–H and O–H groups in total. The van der Waals surface area contributed by atoms with Gasteiger partial charge in [0, 0.05) is 38.6 Å². The lowest BCUT2D eigenvalue weighted by Crippen LogP contribution is -2.53. The van der Waals surface area contributed by atoms with Crippen LogP contribution >= 0.6 is 0 Å². The zero-order valence-electron chi connectivity index (χ0n) is 16.9. The van der Waals surface area contributed by atoms with Gasteiger partial charge in [0.05, 0.1) is 11.5 Å². The molecule has 1 aliphatic heterocycles. The Hall–Kier alpha value is -1.54. The molecule has 1 aromatic heterocycles. The molecule has 0 aromatic carbocycles. The zero-order valence-corrected chi connectivity index (χ0v) is 17.7. The number of sulfonamides is 1. The molecule has 0 spiro atoms. The molecule has 2 fully saturated rings. The number of hydrogen-bond acceptors (Lipinski definition) is 4. The SMILES string of the molecule is CCCN=C(NCCc1ccco1)N1CCCC(S(=O)(=O)NC2CCCC2)C1. The maximum Gasteiger partial charge on any atom is 0.216 e. The van der Waals surface area contributed by atoms with Gasteiger partial charge in [-0.3, -0.25) is 4.99 Å². The number of rotatable bonds is 8. The summed E-state index contributed by atoms with van der Waals surface area (Å²) in [6.45, 7) is 4.88. The van der Waals surface area contributed by atoms with E-state index in [0.29, 0.717) is 19.5 Å². The van der Waals surface area contributed by atoms with Crippen LogP contribution in [-0.2, 0) is 16.4 Å². The molecular formula is C20H34N4O3S. The van der Waals surface area contributed by atoms with E-state index in [9.17, 15) is 8.42 Å². The summed E-state index contributed by atoms with van der Waals surface area (Å²) in [5, 5.41) is 3.03. The van der Waals surface area contributed by atoms with Crippen molar-refractivity contribution in [1.82, 2.24) is 14.9 Å². The minimum absolute atomic E-state index is 0.125. The molecule has 2 aliphatic rings. The summed E-state index contributed by atoms with van der Waals surface area (Å²) in [5.41, 5.74) is 0. The highest BCUT2D eigenvalue weighted by Crippen LogP contribution is 2.22. The third-order valence-electron chi connectivity index (χ3n) is 5.52. The van der Waals surface area contributed by atoms with E-state index in [-0.39, 0.29) is 11.3 Å². The van der Waals surface area contributed by atoms with E-state index in [4.69, 9.17) is 9.41 Å². The summed E-state index contributed by atoms with van der Waals surface area (Å²) < 4.78 is 34.1. The third kappa shape index (κ3) is 5.98. The lowest BCUT2D eigenvalue weighted by molar-refractivity contribution is 0.328. The van der Waals surface area contributed by atoms with E-state index in [1.54, 1.807) is 6.26 Å². The van der Waals surface area contributed by atoms with E-state index < -0.39 is 10.0 Å². The molecule has 0 bridgehead atoms. The molecule has 2 heterocycles. The molecular weight excluding hydrogens is 376 g/mol. The van der Waals surface area contributed by atoms with Gasteiger partial charge in [0.25, 0.3) is 0 Å². The first-order valence-electron chi connectivity index (χ1n) is 10.7. The number of nitrogens with zero attached hydrogens (tertiary/aromatic N) is 2. The fourth-order valence-electron chi connectivity index (χ4n) is 3.99. The quantitative estimate of drug-likeness (QED) is 0.508. The molecule has 3 rings (SSSR count). The van der Waals surface area contributed by atoms with E-state index in [2.05, 4.69) is 21.9 Å². The standard InChI is InChI=1S/C20H34N4O3S/c1-2-12-21-20(22-13-11-18-9-6-15-27-18)24-14-5-10-19(16-24)28(25,26)23-17-7-3-4-8-17/h6,9,15,17,19,23H,2-5,7-8,10-14,16H2,1H3,(H,21,22). The lowest BCUT2D eigenvalue weighted by atomic mass is 10.1. The Morgan fingerprint density at radius 2 is 2.11 bits per heavy atom. The third-order valence-corrected chi connectivity index (χ3v) is 7.45. The normalized spacial score (nSPS) is 22.0. The van der Waals surface area contributed by atoms with Crippen molar-refractivity contribution in [1.29, 1.82) is 0 Å². The molecule has 1 saturated heterocycles. The first kappa shape index (κ1) is 21.2. The van der Waals surface area contributed by atoms with Gasteiger partial charge in [-0.25, -0.2) is 13.1 Å². The smallest absolute Gasteiger partial charge is 0.216 e. The molecule has 7 nitrogen and oxygen atoms in total. The van der Waals surface area contributed by atoms with Crippen molar-refractivity contribution < 1.29 is 12.8 Å². The molecule has 0 radical (unpaired) electrons. The molecule has 1 unspecified atom stereocenters. The van der Waals surface area contributed by atoms with Crippen LogP contribution in [0, 0.1) is 0 Å². The van der Waals surface area contributed by atoms with E-state index in [1.165, 1.54) is 0 Å². The molecule has 1 atom stereocenters. The summed E-state index contributed by atoms with van der Waals surface area (Å²) in [5.74, 6) is 1.75. The topological polar surface area (TPSA) is 86.9 Å². The molecule has 8 heteroatoms. The van der Waals surface area contributed by atoms with Crippen molar-refractivity contribution in [2.75, 3.05) is 26.2 Å². The summed E-state index contributed by atoms with van der Waals surface area (Å²) in [4.78, 5) is 6.80. The predicted molar refractivity (Wildman–Crippen MR) is 112 cm³/mol. The summed E-state index contributed by atoms with van der Waals surface area (Å²) in [6.07, 6.45) is 9.17. The number of furan rings is 1. The number of likely N-dealkylation sites (tertiary alicyclic amines) is 1. The number of hydrogen-bond donors (Lipinski definition) is 2. The average Bonchev–Trinajstić information content (AvgIpc) is 3.38. The zero-order chi connectivity index (χ0) is 19.8. The van der Waals surface area contributed by atoms with Crippen molar-refractivity contribution in [3.8, 4) is 0 Å². The largest absolute Gasteiger partial charge is 0.469 e. The van der Waals surface area contributed by atoms with Gasteiger partial charge in [-0.1, -0.05) is 19.8 Å². The minimum atomic E-state index is -3.30. The van der Waals surface area contributed by atoms with Gasteiger partial charge < -0.3 is 14.6 Å². The van der Waals surface area contributed by atoms with Gasteiger partial charge in [0.15, 0.2) is 5.96 Å². The van der Waals surface area contributed by atoms with Gasteiger partial charge in [-0.2, -0.15) is 0 Å². The van der Waals surface area contributed by atoms with Gasteiger partial charge in [0.1, 0.15) is 5.76 Å². The summed E-state index contributed by atoms with van der Waals surface area (Å²) in [6, 6.07) is 3.97. The minimum Gasteiger partial charge on any atom is -0.469 e. The van der Waals surface area contributed by atoms with Crippen LogP contribution in [-0.4, -0.2) is 56.7 Å². The van der Waals surface area contributed by atoms with Crippen LogP contribution in [0.4, 0.5) is 0 Å². The number of aliphatic imine (C=N–C) groups is 1. The van der Waals surface area contributed by atoms with E-state index in [0.717, 1.165) is 69.8 Å². The summed E-state index contributed by atoms with van der Waals surface area (Å²) in [7, 11) is -3.30. The molecule has 28 heavy (non-hydrogen) atoms. The highest BCUT2D eigenvalue weighted by atomic mass is 32.2. The second-order valence-corrected chi connectivity index (χ2v) is 9.81. The van der Waals surface area contributed by atoms with E-state index >= 15 is 0 Å². The van der Waals surface area contributed by atoms with Crippen LogP contribution in [0.1, 0.15) is 57.6 Å². The second kappa shape index (κ2) is 10.3. The fourth-order valence-corrected chi connectivity index (χ4v) is 5.74. The Labute approximate surface area is 169 Å². The Morgan fingerprint density at radius 1 is 1.29 bits per heavy atom. The van der Waals surface area contributed by atoms with Crippen LogP contribution in [0.5, 0.6) is 0 Å². The van der Waals surface area contributed by atoms with Crippen LogP contribution in [0.15, 0.2) is 27.8 Å². The molecule has 1 aromatic rings. The maximum absolute atomic E-state index is 12.9. The van der Waals surface area contributed by atoms with Crippen LogP contribution in [0.3, 0.4) is 0 Å². The van der Waals surface area contributed by atoms with Crippen LogP contribution in [0.2, 0.25) is 0 Å². The molecule has 1 saturated carbocycles. The Balaban J connectivity index is 1.59. The number of nitrogens with one attached hydrogen (secondary N) is 2. The molecule has 0 amide bonds. The van der Waals surface area contributed by atoms with Crippen molar-refractivity contribution in [2.45, 2.75) is 69.6 Å². The fraction of sp³-hybridized carbons (Fsp3) is 0.750. The van der Waals surface area contributed by atoms with Crippen molar-refractivity contribution >= 4 is 16.0 Å². The highest BCUT2D eigenvalue weighted by molar-refractivity contribution is 7.90. The van der Waals surface area contributed by atoms with Gasteiger partial charge >= 0.3 is 0 Å². The second-order valence-electron chi connectivity index (χ2n) is 7.82. The Bertz CT molecular complexity index is 712. The number of piperidine rings is 1. The van der Waals surface area contributed by atoms with Gasteiger partial charge in [-0.05, 0) is 44.2 Å². The average molecular weight is 411 g/mol. The first-order valence-corrected chi connectivity index (χ1v) is 12.2. The van der Waals surface area contributed by atoms with Crippen molar-refractivity contribution in [2.24, 2.45) is 4.99 Å². The number of guanidine groups is 1. The lowest BCUT2D eigenvalue weighted by Gasteiger charge is -2.35. The molecule has 1 aliphatic carbocycles. The van der Waals surface area contributed by atoms with Gasteiger partial charge in [-0.15, -0.1) is 0 Å². The van der Waals surface area contributed by atoms with Crippen LogP contribution < -0.4 is 10.0 Å². The monoisotopic (exact) mass is 410 g/mol. The van der Waals surface area contributed by atoms with Crippen molar-refractivity contribution in [3.05, 3.63) is 24.2 Å². The van der Waals surface area contributed by atoms with Crippen LogP contribution in [0.25, 0.3) is 0 Å². The van der Waals surface area contributed by atoms with Crippen molar-refractivity contribution in [3.63, 3.8) is 0 Å². The summed E-state index contributed by atoms with van der Waals surface area (Å²) >= 11 is 0. The maximum atomic E-state index is 12.9. The van der Waals surface area contributed by atoms with E-state index in [1.807, 2.05) is 12.1 Å². The Kier molecular flexibility index (Phi) is 7.79. The van der Waals surface area contributed by atoms with Gasteiger partial charge in [0.2, 0.25) is 10.0 Å². The first-order chi connectivity index (χ1) is 13.6.